The van der Waals surface area contributed by atoms with Gasteiger partial charge in [-0.3, -0.25) is 9.59 Å². The fourth-order valence-corrected chi connectivity index (χ4v) is 4.28. The van der Waals surface area contributed by atoms with E-state index in [1.165, 1.54) is 4.90 Å². The third-order valence-corrected chi connectivity index (χ3v) is 6.05. The molecule has 2 saturated heterocycles. The lowest BCUT2D eigenvalue weighted by molar-refractivity contribution is -0.140. The van der Waals surface area contributed by atoms with Crippen LogP contribution >= 0.6 is 0 Å². The first-order valence-corrected chi connectivity index (χ1v) is 10.7. The maximum Gasteiger partial charge on any atom is 0.295 e. The highest BCUT2D eigenvalue weighted by Crippen LogP contribution is 2.40. The number of aliphatic hydroxyl groups is 1. The molecule has 7 heteroatoms. The normalized spacial score (nSPS) is 22.4. The van der Waals surface area contributed by atoms with Gasteiger partial charge >= 0.3 is 0 Å². The van der Waals surface area contributed by atoms with Gasteiger partial charge in [-0.15, -0.1) is 0 Å². The van der Waals surface area contributed by atoms with Crippen LogP contribution in [0.2, 0.25) is 0 Å². The minimum absolute atomic E-state index is 0.0933. The van der Waals surface area contributed by atoms with Gasteiger partial charge in [0.25, 0.3) is 11.7 Å². The molecule has 0 unspecified atom stereocenters. The lowest BCUT2D eigenvalue weighted by Gasteiger charge is -2.28. The summed E-state index contributed by atoms with van der Waals surface area (Å²) in [5.41, 5.74) is 2.31. The van der Waals surface area contributed by atoms with E-state index in [0.717, 1.165) is 24.1 Å². The molecule has 7 nitrogen and oxygen atoms in total. The number of ketones is 1. The minimum Gasteiger partial charge on any atom is -0.507 e. The third-order valence-electron chi connectivity index (χ3n) is 6.05. The first-order chi connectivity index (χ1) is 15.4. The molecule has 168 valence electrons. The number of rotatable bonds is 6. The molecule has 2 atom stereocenters. The van der Waals surface area contributed by atoms with Crippen molar-refractivity contribution >= 4 is 23.1 Å². The number of hydrogen-bond donors (Lipinski definition) is 1. The number of nitrogens with zero attached hydrogens (tertiary/aromatic N) is 2. The van der Waals surface area contributed by atoms with Crippen molar-refractivity contribution in [3.63, 3.8) is 0 Å². The maximum atomic E-state index is 13.1. The van der Waals surface area contributed by atoms with Gasteiger partial charge in [0, 0.05) is 38.5 Å². The SMILES string of the molecule is COc1ccc(/C(O)=C2\C(=O)C(=O)N(C[C@@H]3CCCO3)[C@H]2c2ccc(N(C)C)cc2)cc1. The van der Waals surface area contributed by atoms with E-state index in [1.54, 1.807) is 31.4 Å². The van der Waals surface area contributed by atoms with Crippen LogP contribution in [0, 0.1) is 0 Å². The molecule has 1 amide bonds. The van der Waals surface area contributed by atoms with Crippen LogP contribution in [0.4, 0.5) is 5.69 Å². The predicted molar refractivity (Wildman–Crippen MR) is 122 cm³/mol. The smallest absolute Gasteiger partial charge is 0.295 e. The summed E-state index contributed by atoms with van der Waals surface area (Å²) in [5.74, 6) is -0.853. The molecule has 32 heavy (non-hydrogen) atoms. The Morgan fingerprint density at radius 1 is 1.12 bits per heavy atom. The summed E-state index contributed by atoms with van der Waals surface area (Å²) >= 11 is 0. The molecule has 2 fully saturated rings. The molecule has 2 aromatic carbocycles. The Labute approximate surface area is 187 Å². The molecule has 4 rings (SSSR count). The Balaban J connectivity index is 1.79. The topological polar surface area (TPSA) is 79.3 Å². The van der Waals surface area contributed by atoms with Crippen molar-refractivity contribution in [2.24, 2.45) is 0 Å². The summed E-state index contributed by atoms with van der Waals surface area (Å²) in [7, 11) is 5.45. The molecule has 0 aromatic heterocycles. The predicted octanol–water partition coefficient (Wildman–Crippen LogP) is 3.36. The van der Waals surface area contributed by atoms with Crippen molar-refractivity contribution in [1.82, 2.24) is 4.90 Å². The van der Waals surface area contributed by atoms with E-state index in [1.807, 2.05) is 43.3 Å². The number of anilines is 1. The monoisotopic (exact) mass is 436 g/mol. The van der Waals surface area contributed by atoms with Crippen LogP contribution in [0.15, 0.2) is 54.1 Å². The molecule has 0 radical (unpaired) electrons. The molecule has 2 aliphatic rings. The van der Waals surface area contributed by atoms with Crippen molar-refractivity contribution in [2.45, 2.75) is 25.0 Å². The Kier molecular flexibility index (Phi) is 6.19. The quantitative estimate of drug-likeness (QED) is 0.425. The Hall–Kier alpha value is -3.32. The van der Waals surface area contributed by atoms with Crippen LogP contribution < -0.4 is 9.64 Å². The summed E-state index contributed by atoms with van der Waals surface area (Å²) < 4.78 is 10.9. The summed E-state index contributed by atoms with van der Waals surface area (Å²) in [6.45, 7) is 0.965. The number of likely N-dealkylation sites (tertiary alicyclic amines) is 1. The highest BCUT2D eigenvalue weighted by Gasteiger charge is 2.47. The lowest BCUT2D eigenvalue weighted by Crippen LogP contribution is -2.36. The zero-order valence-corrected chi connectivity index (χ0v) is 18.6. The van der Waals surface area contributed by atoms with Gasteiger partial charge in [0.2, 0.25) is 0 Å². The Morgan fingerprint density at radius 3 is 2.38 bits per heavy atom. The Bertz CT molecular complexity index is 1020. The number of aliphatic hydroxyl groups excluding tert-OH is 1. The number of carbonyl (C=O) groups excluding carboxylic acids is 2. The fraction of sp³-hybridized carbons (Fsp3) is 0.360. The summed E-state index contributed by atoms with van der Waals surface area (Å²) in [5, 5.41) is 11.1. The van der Waals surface area contributed by atoms with E-state index in [9.17, 15) is 14.7 Å². The van der Waals surface area contributed by atoms with Gasteiger partial charge in [-0.05, 0) is 54.8 Å². The molecule has 2 heterocycles. The van der Waals surface area contributed by atoms with Crippen molar-refractivity contribution in [2.75, 3.05) is 39.3 Å². The number of hydrogen-bond acceptors (Lipinski definition) is 6. The summed E-state index contributed by atoms with van der Waals surface area (Å²) in [6, 6.07) is 13.8. The maximum absolute atomic E-state index is 13.1. The molecule has 0 saturated carbocycles. The van der Waals surface area contributed by atoms with Crippen molar-refractivity contribution in [3.8, 4) is 5.75 Å². The van der Waals surface area contributed by atoms with E-state index in [4.69, 9.17) is 9.47 Å². The van der Waals surface area contributed by atoms with Crippen LogP contribution in [0.25, 0.3) is 5.76 Å². The average molecular weight is 437 g/mol. The fourth-order valence-electron chi connectivity index (χ4n) is 4.28. The van der Waals surface area contributed by atoms with Crippen LogP contribution in [0.1, 0.15) is 30.0 Å². The zero-order valence-electron chi connectivity index (χ0n) is 18.6. The molecule has 0 spiro atoms. The summed E-state index contributed by atoms with van der Waals surface area (Å²) in [6.07, 6.45) is 1.66. The highest BCUT2D eigenvalue weighted by molar-refractivity contribution is 6.46. The summed E-state index contributed by atoms with van der Waals surface area (Å²) in [4.78, 5) is 29.7. The lowest BCUT2D eigenvalue weighted by atomic mass is 9.95. The van der Waals surface area contributed by atoms with Crippen molar-refractivity contribution < 1.29 is 24.2 Å². The number of benzene rings is 2. The van der Waals surface area contributed by atoms with Crippen LogP contribution in [0.3, 0.4) is 0 Å². The van der Waals surface area contributed by atoms with Crippen LogP contribution in [-0.2, 0) is 14.3 Å². The molecule has 2 aliphatic heterocycles. The van der Waals surface area contributed by atoms with Gasteiger partial charge in [-0.25, -0.2) is 0 Å². The second-order valence-corrected chi connectivity index (χ2v) is 8.30. The van der Waals surface area contributed by atoms with Crippen LogP contribution in [-0.4, -0.2) is 62.2 Å². The van der Waals surface area contributed by atoms with Crippen LogP contribution in [0.5, 0.6) is 5.75 Å². The second kappa shape index (κ2) is 9.04. The van der Waals surface area contributed by atoms with Gasteiger partial charge in [0.1, 0.15) is 11.5 Å². The molecule has 0 aliphatic carbocycles. The van der Waals surface area contributed by atoms with E-state index in [0.29, 0.717) is 24.5 Å². The van der Waals surface area contributed by atoms with Gasteiger partial charge < -0.3 is 24.4 Å². The van der Waals surface area contributed by atoms with Gasteiger partial charge in [-0.1, -0.05) is 12.1 Å². The van der Waals surface area contributed by atoms with Gasteiger partial charge in [0.05, 0.1) is 24.8 Å². The average Bonchev–Trinajstić information content (AvgIpc) is 3.41. The number of amides is 1. The highest BCUT2D eigenvalue weighted by atomic mass is 16.5. The molecule has 0 bridgehead atoms. The van der Waals surface area contributed by atoms with E-state index in [2.05, 4.69) is 0 Å². The zero-order chi connectivity index (χ0) is 22.8. The van der Waals surface area contributed by atoms with E-state index in [-0.39, 0.29) is 17.4 Å². The third kappa shape index (κ3) is 4.08. The minimum atomic E-state index is -0.683. The molecular formula is C25H28N2O5. The number of ether oxygens (including phenoxy) is 2. The van der Waals surface area contributed by atoms with Gasteiger partial charge in [-0.2, -0.15) is 0 Å². The first-order valence-electron chi connectivity index (χ1n) is 10.7. The number of carbonyl (C=O) groups is 2. The second-order valence-electron chi connectivity index (χ2n) is 8.30. The molecule has 2 aromatic rings. The Morgan fingerprint density at radius 2 is 1.81 bits per heavy atom. The van der Waals surface area contributed by atoms with Crippen molar-refractivity contribution in [1.29, 1.82) is 0 Å². The molecule has 1 N–H and O–H groups in total. The van der Waals surface area contributed by atoms with Gasteiger partial charge in [0.15, 0.2) is 0 Å². The standard InChI is InChI=1S/C25H28N2O5/c1-26(2)18-10-6-16(7-11-18)22-21(23(28)17-8-12-19(31-3)13-9-17)24(29)25(30)27(22)15-20-5-4-14-32-20/h6-13,20,22,28H,4-5,14-15H2,1-3H3/b23-21+/t20-,22-/m0/s1. The van der Waals surface area contributed by atoms with E-state index >= 15 is 0 Å². The largest absolute Gasteiger partial charge is 0.507 e. The number of methoxy groups -OCH3 is 1. The van der Waals surface area contributed by atoms with E-state index < -0.39 is 17.7 Å². The van der Waals surface area contributed by atoms with Crippen molar-refractivity contribution in [3.05, 3.63) is 65.2 Å². The number of Topliss-reactive ketones (excluding diaryl/α,β-unsaturated/α-hetero) is 1. The first kappa shape index (κ1) is 21.9. The molecular weight excluding hydrogens is 408 g/mol.